The van der Waals surface area contributed by atoms with Crippen LogP contribution in [0.1, 0.15) is 13.3 Å². The molecule has 0 aromatic heterocycles. The predicted octanol–water partition coefficient (Wildman–Crippen LogP) is 1.21. The van der Waals surface area contributed by atoms with Crippen molar-refractivity contribution in [3.63, 3.8) is 0 Å². The summed E-state index contributed by atoms with van der Waals surface area (Å²) in [5.74, 6) is -0.255. The highest BCUT2D eigenvalue weighted by Gasteiger charge is 2.36. The van der Waals surface area contributed by atoms with Crippen molar-refractivity contribution in [3.8, 4) is 0 Å². The topological polar surface area (TPSA) is 49.6 Å². The number of likely N-dealkylation sites (N-methyl/N-ethyl adjacent to an activating group) is 1. The third kappa shape index (κ3) is 2.77. The first-order chi connectivity index (χ1) is 9.04. The van der Waals surface area contributed by atoms with Gasteiger partial charge in [0.1, 0.15) is 5.82 Å². The summed E-state index contributed by atoms with van der Waals surface area (Å²) in [5.41, 5.74) is 6.32. The van der Waals surface area contributed by atoms with Gasteiger partial charge in [0.25, 0.3) is 0 Å². The molecular formula is C14H20FN3O. The van der Waals surface area contributed by atoms with Crippen LogP contribution in [0, 0.1) is 5.82 Å². The largest absolute Gasteiger partial charge is 0.330 e. The van der Waals surface area contributed by atoms with Gasteiger partial charge in [-0.05, 0) is 51.2 Å². The molecule has 2 rings (SSSR count). The number of halogens is 1. The number of piperazine rings is 1. The first kappa shape index (κ1) is 14.0. The van der Waals surface area contributed by atoms with Crippen molar-refractivity contribution >= 4 is 11.6 Å². The van der Waals surface area contributed by atoms with Crippen LogP contribution in [0.3, 0.4) is 0 Å². The second-order valence-corrected chi connectivity index (χ2v) is 5.07. The molecule has 19 heavy (non-hydrogen) atoms. The van der Waals surface area contributed by atoms with Crippen molar-refractivity contribution in [2.45, 2.75) is 25.4 Å². The van der Waals surface area contributed by atoms with Gasteiger partial charge >= 0.3 is 0 Å². The number of nitrogens with zero attached hydrogens (tertiary/aromatic N) is 2. The summed E-state index contributed by atoms with van der Waals surface area (Å²) in [6.45, 7) is 3.26. The summed E-state index contributed by atoms with van der Waals surface area (Å²) in [4.78, 5) is 16.3. The zero-order valence-corrected chi connectivity index (χ0v) is 11.3. The van der Waals surface area contributed by atoms with Gasteiger partial charge < -0.3 is 10.6 Å². The fourth-order valence-electron chi connectivity index (χ4n) is 2.68. The van der Waals surface area contributed by atoms with Crippen LogP contribution in [0.4, 0.5) is 10.1 Å². The van der Waals surface area contributed by atoms with Crippen molar-refractivity contribution in [3.05, 3.63) is 30.1 Å². The van der Waals surface area contributed by atoms with Crippen LogP contribution in [0.25, 0.3) is 0 Å². The summed E-state index contributed by atoms with van der Waals surface area (Å²) >= 11 is 0. The van der Waals surface area contributed by atoms with Crippen LogP contribution < -0.4 is 10.6 Å². The summed E-state index contributed by atoms with van der Waals surface area (Å²) in [6.07, 6.45) is 0.639. The molecule has 0 spiro atoms. The van der Waals surface area contributed by atoms with E-state index in [1.807, 2.05) is 18.9 Å². The molecule has 4 nitrogen and oxygen atoms in total. The Kier molecular flexibility index (Phi) is 4.17. The van der Waals surface area contributed by atoms with E-state index < -0.39 is 0 Å². The average Bonchev–Trinajstić information content (AvgIpc) is 2.36. The van der Waals surface area contributed by atoms with E-state index in [0.717, 1.165) is 12.2 Å². The lowest BCUT2D eigenvalue weighted by Gasteiger charge is -2.43. The van der Waals surface area contributed by atoms with Gasteiger partial charge in [-0.2, -0.15) is 0 Å². The number of hydrogen-bond donors (Lipinski definition) is 1. The molecule has 0 bridgehead atoms. The fraction of sp³-hybridized carbons (Fsp3) is 0.500. The van der Waals surface area contributed by atoms with Crippen molar-refractivity contribution in [1.29, 1.82) is 0 Å². The van der Waals surface area contributed by atoms with Crippen LogP contribution in [0.2, 0.25) is 0 Å². The van der Waals surface area contributed by atoms with E-state index >= 15 is 0 Å². The molecule has 2 atom stereocenters. The van der Waals surface area contributed by atoms with E-state index in [1.54, 1.807) is 17.0 Å². The minimum absolute atomic E-state index is 0.0401. The summed E-state index contributed by atoms with van der Waals surface area (Å²) in [7, 11) is 1.94. The monoisotopic (exact) mass is 265 g/mol. The molecule has 104 valence electrons. The molecule has 1 saturated heterocycles. The molecular weight excluding hydrogens is 245 g/mol. The molecule has 1 heterocycles. The zero-order valence-electron chi connectivity index (χ0n) is 11.3. The molecule has 1 aliphatic heterocycles. The zero-order chi connectivity index (χ0) is 14.0. The van der Waals surface area contributed by atoms with Crippen molar-refractivity contribution in [2.75, 3.05) is 25.0 Å². The number of nitrogens with two attached hydrogens (primary N) is 1. The molecule has 2 N–H and O–H groups in total. The first-order valence-electron chi connectivity index (χ1n) is 6.53. The number of hydrogen-bond acceptors (Lipinski definition) is 3. The number of rotatable bonds is 3. The molecule has 0 aliphatic carbocycles. The van der Waals surface area contributed by atoms with E-state index in [-0.39, 0.29) is 23.8 Å². The molecule has 1 aliphatic rings. The molecule has 2 unspecified atom stereocenters. The molecule has 1 fully saturated rings. The lowest BCUT2D eigenvalue weighted by molar-refractivity contribution is -0.126. The maximum absolute atomic E-state index is 13.0. The van der Waals surface area contributed by atoms with Gasteiger partial charge in [0.2, 0.25) is 5.91 Å². The molecule has 1 aromatic carbocycles. The van der Waals surface area contributed by atoms with Gasteiger partial charge in [0, 0.05) is 18.3 Å². The normalized spacial score (nSPS) is 24.8. The Hall–Kier alpha value is -1.46. The van der Waals surface area contributed by atoms with E-state index in [4.69, 9.17) is 5.73 Å². The minimum Gasteiger partial charge on any atom is -0.330 e. The molecule has 0 radical (unpaired) electrons. The Labute approximate surface area is 113 Å². The third-order valence-corrected chi connectivity index (χ3v) is 3.59. The quantitative estimate of drug-likeness (QED) is 0.893. The number of carbonyl (C=O) groups is 1. The van der Waals surface area contributed by atoms with Crippen molar-refractivity contribution < 1.29 is 9.18 Å². The Morgan fingerprint density at radius 3 is 2.58 bits per heavy atom. The Morgan fingerprint density at radius 2 is 2.00 bits per heavy atom. The maximum Gasteiger partial charge on any atom is 0.244 e. The van der Waals surface area contributed by atoms with E-state index in [9.17, 15) is 9.18 Å². The van der Waals surface area contributed by atoms with Crippen LogP contribution in [0.15, 0.2) is 24.3 Å². The molecule has 1 amide bonds. The van der Waals surface area contributed by atoms with Gasteiger partial charge in [-0.1, -0.05) is 0 Å². The van der Waals surface area contributed by atoms with Crippen LogP contribution in [-0.2, 0) is 4.79 Å². The highest BCUT2D eigenvalue weighted by atomic mass is 19.1. The second-order valence-electron chi connectivity index (χ2n) is 5.07. The predicted molar refractivity (Wildman–Crippen MR) is 73.4 cm³/mol. The third-order valence-electron chi connectivity index (χ3n) is 3.59. The van der Waals surface area contributed by atoms with E-state index in [1.165, 1.54) is 12.1 Å². The number of amides is 1. The maximum atomic E-state index is 13.0. The molecule has 5 heteroatoms. The lowest BCUT2D eigenvalue weighted by atomic mass is 10.0. The van der Waals surface area contributed by atoms with Gasteiger partial charge in [0.15, 0.2) is 0 Å². The lowest BCUT2D eigenvalue weighted by Crippen LogP contribution is -2.60. The SMILES string of the molecule is CC1CN(C)C(CCN)C(=O)N1c1ccc(F)cc1. The summed E-state index contributed by atoms with van der Waals surface area (Å²) in [5, 5.41) is 0. The van der Waals surface area contributed by atoms with Crippen LogP contribution in [0.5, 0.6) is 0 Å². The second kappa shape index (κ2) is 5.67. The Morgan fingerprint density at radius 1 is 1.37 bits per heavy atom. The van der Waals surface area contributed by atoms with Gasteiger partial charge in [-0.3, -0.25) is 9.69 Å². The number of carbonyl (C=O) groups excluding carboxylic acids is 1. The number of benzene rings is 1. The minimum atomic E-state index is -0.295. The fourth-order valence-corrected chi connectivity index (χ4v) is 2.68. The number of anilines is 1. The van der Waals surface area contributed by atoms with Gasteiger partial charge in [0.05, 0.1) is 6.04 Å². The Balaban J connectivity index is 2.27. The van der Waals surface area contributed by atoms with E-state index in [0.29, 0.717) is 13.0 Å². The summed E-state index contributed by atoms with van der Waals surface area (Å²) in [6, 6.07) is 5.93. The summed E-state index contributed by atoms with van der Waals surface area (Å²) < 4.78 is 13.0. The van der Waals surface area contributed by atoms with Crippen LogP contribution in [-0.4, -0.2) is 43.0 Å². The smallest absolute Gasteiger partial charge is 0.244 e. The van der Waals surface area contributed by atoms with Gasteiger partial charge in [-0.15, -0.1) is 0 Å². The van der Waals surface area contributed by atoms with E-state index in [2.05, 4.69) is 0 Å². The highest BCUT2D eigenvalue weighted by Crippen LogP contribution is 2.24. The average molecular weight is 265 g/mol. The molecule has 0 saturated carbocycles. The first-order valence-corrected chi connectivity index (χ1v) is 6.53. The van der Waals surface area contributed by atoms with Crippen LogP contribution >= 0.6 is 0 Å². The van der Waals surface area contributed by atoms with Crippen molar-refractivity contribution in [2.24, 2.45) is 5.73 Å². The van der Waals surface area contributed by atoms with Gasteiger partial charge in [-0.25, -0.2) is 4.39 Å². The standard InChI is InChI=1S/C14H20FN3O/c1-10-9-17(2)13(7-8-16)14(19)18(10)12-5-3-11(15)4-6-12/h3-6,10,13H,7-9,16H2,1-2H3. The van der Waals surface area contributed by atoms with Crippen molar-refractivity contribution in [1.82, 2.24) is 4.90 Å². The molecule has 1 aromatic rings. The highest BCUT2D eigenvalue weighted by molar-refractivity contribution is 5.98. The Bertz CT molecular complexity index is 449.